The van der Waals surface area contributed by atoms with Crippen molar-refractivity contribution in [3.63, 3.8) is 0 Å². The standard InChI is InChI=1S/C14H16Cl2N2O2.ClH/c15-12-2-1-10(5-13(12)16)20-11-3-4-18(8-11)14(19)9-6-17-7-9;/h1-2,5,9,11,17H,3-4,6-8H2;1H. The molecular weight excluding hydrogens is 335 g/mol. The van der Waals surface area contributed by atoms with Crippen LogP contribution in [0, 0.1) is 5.92 Å². The highest BCUT2D eigenvalue weighted by atomic mass is 35.5. The Labute approximate surface area is 140 Å². The Morgan fingerprint density at radius 2 is 2.05 bits per heavy atom. The highest BCUT2D eigenvalue weighted by molar-refractivity contribution is 6.42. The van der Waals surface area contributed by atoms with Gasteiger partial charge in [-0.15, -0.1) is 12.4 Å². The molecule has 21 heavy (non-hydrogen) atoms. The van der Waals surface area contributed by atoms with Crippen LogP contribution in [0.4, 0.5) is 0 Å². The van der Waals surface area contributed by atoms with E-state index in [0.717, 1.165) is 26.1 Å². The van der Waals surface area contributed by atoms with Crippen LogP contribution in [-0.4, -0.2) is 43.1 Å². The average Bonchev–Trinajstić information content (AvgIpc) is 2.80. The highest BCUT2D eigenvalue weighted by Gasteiger charge is 2.34. The Morgan fingerprint density at radius 3 is 2.67 bits per heavy atom. The van der Waals surface area contributed by atoms with Gasteiger partial charge >= 0.3 is 0 Å². The summed E-state index contributed by atoms with van der Waals surface area (Å²) in [6.07, 6.45) is 0.885. The molecule has 1 atom stereocenters. The Bertz CT molecular complexity index is 523. The van der Waals surface area contributed by atoms with Crippen LogP contribution < -0.4 is 10.1 Å². The number of rotatable bonds is 3. The summed E-state index contributed by atoms with van der Waals surface area (Å²) in [6, 6.07) is 5.23. The first-order chi connectivity index (χ1) is 9.63. The predicted octanol–water partition coefficient (Wildman–Crippen LogP) is 2.61. The van der Waals surface area contributed by atoms with Crippen molar-refractivity contribution in [3.05, 3.63) is 28.2 Å². The quantitative estimate of drug-likeness (QED) is 0.910. The first-order valence-corrected chi connectivity index (χ1v) is 7.50. The molecule has 1 N–H and O–H groups in total. The predicted molar refractivity (Wildman–Crippen MR) is 85.7 cm³/mol. The van der Waals surface area contributed by atoms with E-state index in [0.29, 0.717) is 22.3 Å². The number of ether oxygens (including phenoxy) is 1. The van der Waals surface area contributed by atoms with Crippen LogP contribution >= 0.6 is 35.6 Å². The number of nitrogens with one attached hydrogen (secondary N) is 1. The van der Waals surface area contributed by atoms with Gasteiger partial charge in [0.2, 0.25) is 5.91 Å². The van der Waals surface area contributed by atoms with Crippen molar-refractivity contribution < 1.29 is 9.53 Å². The van der Waals surface area contributed by atoms with Crippen LogP contribution in [0.5, 0.6) is 5.75 Å². The third kappa shape index (κ3) is 3.75. The molecule has 0 spiro atoms. The largest absolute Gasteiger partial charge is 0.488 e. The number of carbonyl (C=O) groups excluding carboxylic acids is 1. The molecule has 0 aromatic heterocycles. The Kier molecular flexibility index (Phi) is 5.60. The molecule has 1 amide bonds. The third-order valence-electron chi connectivity index (χ3n) is 3.78. The van der Waals surface area contributed by atoms with Crippen LogP contribution in [0.15, 0.2) is 18.2 Å². The molecule has 116 valence electrons. The summed E-state index contributed by atoms with van der Waals surface area (Å²) < 4.78 is 5.87. The summed E-state index contributed by atoms with van der Waals surface area (Å²) in [5.74, 6) is 1.09. The lowest BCUT2D eigenvalue weighted by atomic mass is 10.0. The number of amides is 1. The summed E-state index contributed by atoms with van der Waals surface area (Å²) in [5, 5.41) is 4.12. The van der Waals surface area contributed by atoms with E-state index < -0.39 is 0 Å². The van der Waals surface area contributed by atoms with E-state index in [2.05, 4.69) is 5.32 Å². The lowest BCUT2D eigenvalue weighted by molar-refractivity contribution is -0.136. The van der Waals surface area contributed by atoms with Crippen LogP contribution in [0.3, 0.4) is 0 Å². The topological polar surface area (TPSA) is 41.6 Å². The second-order valence-electron chi connectivity index (χ2n) is 5.24. The van der Waals surface area contributed by atoms with Gasteiger partial charge in [0.15, 0.2) is 0 Å². The molecule has 1 aromatic rings. The van der Waals surface area contributed by atoms with E-state index in [1.165, 1.54) is 0 Å². The minimum atomic E-state index is 0. The highest BCUT2D eigenvalue weighted by Crippen LogP contribution is 2.28. The number of benzene rings is 1. The van der Waals surface area contributed by atoms with Crippen LogP contribution in [0.1, 0.15) is 6.42 Å². The number of carbonyl (C=O) groups is 1. The SMILES string of the molecule is Cl.O=C(C1CNC1)N1CCC(Oc2ccc(Cl)c(Cl)c2)C1. The molecule has 3 rings (SSSR count). The Morgan fingerprint density at radius 1 is 1.29 bits per heavy atom. The molecule has 1 aromatic carbocycles. The number of hydrogen-bond acceptors (Lipinski definition) is 3. The van der Waals surface area contributed by atoms with E-state index in [4.69, 9.17) is 27.9 Å². The van der Waals surface area contributed by atoms with Crippen molar-refractivity contribution in [2.24, 2.45) is 5.92 Å². The van der Waals surface area contributed by atoms with Gasteiger partial charge in [-0.25, -0.2) is 0 Å². The van der Waals surface area contributed by atoms with Crippen molar-refractivity contribution in [2.45, 2.75) is 12.5 Å². The van der Waals surface area contributed by atoms with Crippen molar-refractivity contribution in [3.8, 4) is 5.75 Å². The van der Waals surface area contributed by atoms with E-state index in [9.17, 15) is 4.79 Å². The van der Waals surface area contributed by atoms with E-state index >= 15 is 0 Å². The van der Waals surface area contributed by atoms with Crippen LogP contribution in [-0.2, 0) is 4.79 Å². The minimum absolute atomic E-state index is 0. The lowest BCUT2D eigenvalue weighted by Gasteiger charge is -2.30. The zero-order valence-corrected chi connectivity index (χ0v) is 13.7. The van der Waals surface area contributed by atoms with Gasteiger partial charge in [0, 0.05) is 32.1 Å². The van der Waals surface area contributed by atoms with Gasteiger partial charge in [-0.3, -0.25) is 4.79 Å². The summed E-state index contributed by atoms with van der Waals surface area (Å²) in [7, 11) is 0. The molecule has 2 saturated heterocycles. The van der Waals surface area contributed by atoms with Gasteiger partial charge in [-0.05, 0) is 12.1 Å². The number of halogens is 3. The Balaban J connectivity index is 0.00000161. The van der Waals surface area contributed by atoms with Crippen molar-refractivity contribution in [1.82, 2.24) is 10.2 Å². The zero-order valence-electron chi connectivity index (χ0n) is 11.4. The van der Waals surface area contributed by atoms with Gasteiger partial charge in [0.1, 0.15) is 11.9 Å². The van der Waals surface area contributed by atoms with Crippen molar-refractivity contribution in [2.75, 3.05) is 26.2 Å². The fraction of sp³-hybridized carbons (Fsp3) is 0.500. The molecule has 7 heteroatoms. The maximum absolute atomic E-state index is 12.1. The zero-order chi connectivity index (χ0) is 14.1. The van der Waals surface area contributed by atoms with Crippen molar-refractivity contribution >= 4 is 41.5 Å². The maximum Gasteiger partial charge on any atom is 0.228 e. The minimum Gasteiger partial charge on any atom is -0.488 e. The molecule has 4 nitrogen and oxygen atoms in total. The molecule has 0 aliphatic carbocycles. The lowest BCUT2D eigenvalue weighted by Crippen LogP contribution is -2.51. The molecule has 0 saturated carbocycles. The summed E-state index contributed by atoms with van der Waals surface area (Å²) in [4.78, 5) is 14.0. The molecule has 2 fully saturated rings. The smallest absolute Gasteiger partial charge is 0.228 e. The fourth-order valence-corrected chi connectivity index (χ4v) is 2.78. The van der Waals surface area contributed by atoms with Gasteiger partial charge in [-0.2, -0.15) is 0 Å². The summed E-state index contributed by atoms with van der Waals surface area (Å²) in [6.45, 7) is 3.01. The van der Waals surface area contributed by atoms with E-state index in [1.807, 2.05) is 4.90 Å². The monoisotopic (exact) mass is 350 g/mol. The van der Waals surface area contributed by atoms with E-state index in [1.54, 1.807) is 18.2 Å². The molecule has 0 bridgehead atoms. The first kappa shape index (κ1) is 16.7. The maximum atomic E-state index is 12.1. The second kappa shape index (κ2) is 7.05. The van der Waals surface area contributed by atoms with E-state index in [-0.39, 0.29) is 30.3 Å². The van der Waals surface area contributed by atoms with Gasteiger partial charge in [0.05, 0.1) is 22.5 Å². The Hall–Kier alpha value is -0.680. The molecule has 1 unspecified atom stereocenters. The molecule has 0 radical (unpaired) electrons. The number of hydrogen-bond donors (Lipinski definition) is 1. The van der Waals surface area contributed by atoms with Gasteiger partial charge < -0.3 is 15.0 Å². The third-order valence-corrected chi connectivity index (χ3v) is 4.52. The first-order valence-electron chi connectivity index (χ1n) is 6.74. The van der Waals surface area contributed by atoms with Gasteiger partial charge in [0.25, 0.3) is 0 Å². The normalized spacial score (nSPS) is 21.6. The van der Waals surface area contributed by atoms with Crippen molar-refractivity contribution in [1.29, 1.82) is 0 Å². The van der Waals surface area contributed by atoms with Crippen LogP contribution in [0.25, 0.3) is 0 Å². The second-order valence-corrected chi connectivity index (χ2v) is 6.06. The average molecular weight is 352 g/mol. The molecule has 2 aliphatic heterocycles. The molecular formula is C14H17Cl3N2O2. The van der Waals surface area contributed by atoms with Crippen LogP contribution in [0.2, 0.25) is 10.0 Å². The molecule has 2 heterocycles. The molecule has 2 aliphatic rings. The van der Waals surface area contributed by atoms with Gasteiger partial charge in [-0.1, -0.05) is 23.2 Å². The number of nitrogens with zero attached hydrogens (tertiary/aromatic N) is 1. The summed E-state index contributed by atoms with van der Waals surface area (Å²) in [5.41, 5.74) is 0. The summed E-state index contributed by atoms with van der Waals surface area (Å²) >= 11 is 11.8. The fourth-order valence-electron chi connectivity index (χ4n) is 2.49. The number of likely N-dealkylation sites (tertiary alicyclic amines) is 1.